The first kappa shape index (κ1) is 21.9. The van der Waals surface area contributed by atoms with Gasteiger partial charge < -0.3 is 14.8 Å². The first-order valence-corrected chi connectivity index (χ1v) is 10.4. The van der Waals surface area contributed by atoms with Crippen molar-refractivity contribution in [3.05, 3.63) is 79.4 Å². The van der Waals surface area contributed by atoms with Crippen LogP contribution in [-0.2, 0) is 12.8 Å². The second kappa shape index (κ2) is 8.64. The molecule has 32 heavy (non-hydrogen) atoms. The van der Waals surface area contributed by atoms with Crippen molar-refractivity contribution in [1.82, 2.24) is 19.7 Å². The Kier molecular flexibility index (Phi) is 5.90. The van der Waals surface area contributed by atoms with Crippen LogP contribution in [-0.4, -0.2) is 37.9 Å². The number of hydrogen-bond donors (Lipinski definition) is 2. The quantitative estimate of drug-likeness (QED) is 0.433. The van der Waals surface area contributed by atoms with Gasteiger partial charge in [-0.05, 0) is 36.2 Å². The third kappa shape index (κ3) is 3.94. The molecule has 0 unspecified atom stereocenters. The van der Waals surface area contributed by atoms with Crippen molar-refractivity contribution < 1.29 is 14.6 Å². The molecule has 4 aromatic rings. The highest BCUT2D eigenvalue weighted by Crippen LogP contribution is 2.32. The molecule has 8 nitrogen and oxygen atoms in total. The number of ether oxygens (including phenoxy) is 1. The van der Waals surface area contributed by atoms with E-state index >= 15 is 0 Å². The summed E-state index contributed by atoms with van der Waals surface area (Å²) in [5.74, 6) is 0.00699. The Morgan fingerprint density at radius 2 is 1.84 bits per heavy atom. The van der Waals surface area contributed by atoms with Crippen molar-refractivity contribution in [2.75, 3.05) is 7.11 Å². The molecule has 0 bridgehead atoms. The second-order valence-electron chi connectivity index (χ2n) is 7.04. The Morgan fingerprint density at radius 3 is 2.41 bits per heavy atom. The summed E-state index contributed by atoms with van der Waals surface area (Å²) in [6.07, 6.45) is 0.857. The van der Waals surface area contributed by atoms with Gasteiger partial charge in [-0.25, -0.2) is 14.5 Å². The lowest BCUT2D eigenvalue weighted by molar-refractivity contribution is 0.0697. The molecule has 164 valence electrons. The molecule has 4 rings (SSSR count). The molecule has 2 N–H and O–H groups in total. The smallest absolute Gasteiger partial charge is 0.335 e. The number of fused-ring (bicyclic) bond motifs is 1. The van der Waals surface area contributed by atoms with Crippen LogP contribution in [0.2, 0.25) is 10.0 Å². The molecule has 0 aliphatic heterocycles. The maximum absolute atomic E-state index is 12.9. The Hall–Kier alpha value is -3.36. The summed E-state index contributed by atoms with van der Waals surface area (Å²) in [7, 11) is 1.59. The molecule has 0 saturated heterocycles. The van der Waals surface area contributed by atoms with Crippen LogP contribution in [0.3, 0.4) is 0 Å². The molecule has 2 heterocycles. The standard InChI is InChI=1S/C22H18Cl2N4O4/c1-3-16-18-20(28(27-16)19-14(23)9-12(22(30)31)10-15(19)24)25-17(26-21(18)29)8-11-4-6-13(32-2)7-5-11/h4-7,9-10H,3,8H2,1-2H3,(H,30,31)(H,25,26,29). The first-order valence-electron chi connectivity index (χ1n) is 9.68. The van der Waals surface area contributed by atoms with E-state index in [1.54, 1.807) is 7.11 Å². The molecule has 0 atom stereocenters. The minimum atomic E-state index is -1.16. The first-order chi connectivity index (χ1) is 15.3. The van der Waals surface area contributed by atoms with Gasteiger partial charge in [0.25, 0.3) is 5.56 Å². The molecular formula is C22H18Cl2N4O4. The van der Waals surface area contributed by atoms with E-state index in [0.717, 1.165) is 11.3 Å². The minimum Gasteiger partial charge on any atom is -0.497 e. The number of nitrogens with one attached hydrogen (secondary N) is 1. The summed E-state index contributed by atoms with van der Waals surface area (Å²) in [5.41, 5.74) is 1.63. The normalized spacial score (nSPS) is 11.1. The number of H-pyrrole nitrogens is 1. The Labute approximate surface area is 192 Å². The van der Waals surface area contributed by atoms with Gasteiger partial charge in [-0.15, -0.1) is 0 Å². The van der Waals surface area contributed by atoms with Gasteiger partial charge >= 0.3 is 5.97 Å². The molecule has 2 aromatic carbocycles. The zero-order chi connectivity index (χ0) is 23.0. The summed E-state index contributed by atoms with van der Waals surface area (Å²) >= 11 is 12.7. The predicted molar refractivity (Wildman–Crippen MR) is 122 cm³/mol. The van der Waals surface area contributed by atoms with Crippen LogP contribution in [0.25, 0.3) is 16.7 Å². The van der Waals surface area contributed by atoms with Gasteiger partial charge in [-0.1, -0.05) is 42.3 Å². The van der Waals surface area contributed by atoms with Gasteiger partial charge in [0.15, 0.2) is 5.65 Å². The van der Waals surface area contributed by atoms with Crippen molar-refractivity contribution in [2.45, 2.75) is 19.8 Å². The van der Waals surface area contributed by atoms with Crippen molar-refractivity contribution in [3.8, 4) is 11.4 Å². The fourth-order valence-corrected chi connectivity index (χ4v) is 4.10. The zero-order valence-electron chi connectivity index (χ0n) is 17.1. The van der Waals surface area contributed by atoms with Crippen molar-refractivity contribution >= 4 is 40.2 Å². The van der Waals surface area contributed by atoms with Gasteiger partial charge in [-0.3, -0.25) is 4.79 Å². The number of aryl methyl sites for hydroxylation is 1. The maximum Gasteiger partial charge on any atom is 0.335 e. The fourth-order valence-electron chi connectivity index (χ4n) is 3.45. The molecule has 0 radical (unpaired) electrons. The molecule has 0 aliphatic rings. The average Bonchev–Trinajstić information content (AvgIpc) is 3.12. The number of rotatable bonds is 6. The van der Waals surface area contributed by atoms with E-state index < -0.39 is 5.97 Å². The Balaban J connectivity index is 1.88. The van der Waals surface area contributed by atoms with Crippen molar-refractivity contribution in [2.24, 2.45) is 0 Å². The summed E-state index contributed by atoms with van der Waals surface area (Å²) in [5, 5.41) is 14.3. The topological polar surface area (TPSA) is 110 Å². The van der Waals surface area contributed by atoms with E-state index in [0.29, 0.717) is 35.4 Å². The summed E-state index contributed by atoms with van der Waals surface area (Å²) in [6.45, 7) is 1.87. The molecule has 0 spiro atoms. The molecule has 0 saturated carbocycles. The number of aromatic nitrogens is 4. The van der Waals surface area contributed by atoms with Crippen LogP contribution in [0.15, 0.2) is 41.2 Å². The molecule has 2 aromatic heterocycles. The number of methoxy groups -OCH3 is 1. The number of carbonyl (C=O) groups is 1. The number of carboxylic acids is 1. The van der Waals surface area contributed by atoms with E-state index in [4.69, 9.17) is 27.9 Å². The van der Waals surface area contributed by atoms with E-state index in [1.807, 2.05) is 31.2 Å². The van der Waals surface area contributed by atoms with E-state index in [9.17, 15) is 14.7 Å². The van der Waals surface area contributed by atoms with Gasteiger partial charge in [0.1, 0.15) is 22.6 Å². The maximum atomic E-state index is 12.9. The minimum absolute atomic E-state index is 0.0538. The highest BCUT2D eigenvalue weighted by molar-refractivity contribution is 6.38. The van der Waals surface area contributed by atoms with Crippen molar-refractivity contribution in [3.63, 3.8) is 0 Å². The zero-order valence-corrected chi connectivity index (χ0v) is 18.7. The highest BCUT2D eigenvalue weighted by atomic mass is 35.5. The molecule has 0 amide bonds. The molecular weight excluding hydrogens is 455 g/mol. The van der Waals surface area contributed by atoms with E-state index in [1.165, 1.54) is 16.8 Å². The molecule has 0 aliphatic carbocycles. The second-order valence-corrected chi connectivity index (χ2v) is 7.86. The van der Waals surface area contributed by atoms with Gasteiger partial charge in [0.05, 0.1) is 28.4 Å². The Bertz CT molecular complexity index is 1370. The van der Waals surface area contributed by atoms with Gasteiger partial charge in [-0.2, -0.15) is 5.10 Å². The lowest BCUT2D eigenvalue weighted by Crippen LogP contribution is -2.13. The van der Waals surface area contributed by atoms with Gasteiger partial charge in [0, 0.05) is 6.42 Å². The van der Waals surface area contributed by atoms with Crippen molar-refractivity contribution in [1.29, 1.82) is 0 Å². The number of aromatic carboxylic acids is 1. The number of benzene rings is 2. The lowest BCUT2D eigenvalue weighted by Gasteiger charge is -2.10. The van der Waals surface area contributed by atoms with E-state index in [2.05, 4.69) is 15.1 Å². The Morgan fingerprint density at radius 1 is 1.19 bits per heavy atom. The number of nitrogens with zero attached hydrogens (tertiary/aromatic N) is 3. The third-order valence-corrected chi connectivity index (χ3v) is 5.58. The monoisotopic (exact) mass is 472 g/mol. The van der Waals surface area contributed by atoms with Gasteiger partial charge in [0.2, 0.25) is 0 Å². The van der Waals surface area contributed by atoms with Crippen LogP contribution < -0.4 is 10.3 Å². The van der Waals surface area contributed by atoms with Crippen LogP contribution in [0.5, 0.6) is 5.75 Å². The number of aromatic amines is 1. The summed E-state index contributed by atoms with van der Waals surface area (Å²) in [6, 6.07) is 10.0. The molecule has 0 fully saturated rings. The predicted octanol–water partition coefficient (Wildman–Crippen LogP) is 4.28. The van der Waals surface area contributed by atoms with Crippen LogP contribution in [0, 0.1) is 0 Å². The van der Waals surface area contributed by atoms with Crippen LogP contribution >= 0.6 is 23.2 Å². The van der Waals surface area contributed by atoms with Crippen LogP contribution in [0.1, 0.15) is 34.4 Å². The summed E-state index contributed by atoms with van der Waals surface area (Å²) in [4.78, 5) is 31.7. The highest BCUT2D eigenvalue weighted by Gasteiger charge is 2.21. The average molecular weight is 473 g/mol. The number of halogens is 2. The summed E-state index contributed by atoms with van der Waals surface area (Å²) < 4.78 is 6.57. The number of carboxylic acid groups (broad SMARTS) is 1. The molecule has 10 heteroatoms. The largest absolute Gasteiger partial charge is 0.497 e. The fraction of sp³-hybridized carbons (Fsp3) is 0.182. The third-order valence-electron chi connectivity index (χ3n) is 5.00. The lowest BCUT2D eigenvalue weighted by atomic mass is 10.1. The van der Waals surface area contributed by atoms with E-state index in [-0.39, 0.29) is 26.9 Å². The number of hydrogen-bond acceptors (Lipinski definition) is 5. The SMILES string of the molecule is CCc1nn(-c2c(Cl)cc(C(=O)O)cc2Cl)c2nc(Cc3ccc(OC)cc3)[nH]c(=O)c12. The van der Waals surface area contributed by atoms with Crippen LogP contribution in [0.4, 0.5) is 0 Å².